The second-order valence-electron chi connectivity index (χ2n) is 7.78. The monoisotopic (exact) mass is 465 g/mol. The number of anilines is 1. The molecular weight excluding hydrogens is 440 g/mol. The normalized spacial score (nSPS) is 17.5. The van der Waals surface area contributed by atoms with Crippen LogP contribution in [-0.2, 0) is 14.6 Å². The molecule has 3 rings (SSSR count). The van der Waals surface area contributed by atoms with Gasteiger partial charge in [-0.1, -0.05) is 6.07 Å². The molecular formula is C22H25F2N3O4S. The molecule has 1 saturated heterocycles. The fraction of sp³-hybridized carbons (Fsp3) is 0.364. The maximum absolute atomic E-state index is 13.2. The van der Waals surface area contributed by atoms with Crippen LogP contribution in [0.25, 0.3) is 0 Å². The number of rotatable bonds is 6. The van der Waals surface area contributed by atoms with E-state index >= 15 is 0 Å². The van der Waals surface area contributed by atoms with Gasteiger partial charge in [0.1, 0.15) is 16.9 Å². The van der Waals surface area contributed by atoms with Crippen LogP contribution < -0.4 is 10.6 Å². The summed E-state index contributed by atoms with van der Waals surface area (Å²) in [7, 11) is -3.95. The molecule has 1 heterocycles. The number of carbonyl (C=O) groups excluding carboxylic acids is 2. The summed E-state index contributed by atoms with van der Waals surface area (Å²) in [5.74, 6) is -1.60. The summed E-state index contributed by atoms with van der Waals surface area (Å²) in [5.41, 5.74) is 0.322. The van der Waals surface area contributed by atoms with Crippen LogP contribution in [0.5, 0.6) is 0 Å². The Morgan fingerprint density at radius 2 is 1.84 bits per heavy atom. The minimum atomic E-state index is -3.95. The second-order valence-corrected chi connectivity index (χ2v) is 10.0. The number of nitrogens with zero attached hydrogens (tertiary/aromatic N) is 1. The fourth-order valence-corrected chi connectivity index (χ4v) is 4.97. The maximum atomic E-state index is 13.2. The van der Waals surface area contributed by atoms with Gasteiger partial charge in [0.25, 0.3) is 0 Å². The molecule has 32 heavy (non-hydrogen) atoms. The number of amides is 3. The lowest BCUT2D eigenvalue weighted by molar-refractivity contribution is -0.132. The molecule has 1 aliphatic rings. The predicted molar refractivity (Wildman–Crippen MR) is 116 cm³/mol. The highest BCUT2D eigenvalue weighted by Crippen LogP contribution is 2.22. The summed E-state index contributed by atoms with van der Waals surface area (Å²) in [4.78, 5) is 26.3. The van der Waals surface area contributed by atoms with Crippen molar-refractivity contribution in [3.05, 3.63) is 60.2 Å². The third-order valence-electron chi connectivity index (χ3n) is 5.42. The highest BCUT2D eigenvalue weighted by molar-refractivity contribution is 7.92. The molecule has 0 saturated carbocycles. The van der Waals surface area contributed by atoms with Crippen molar-refractivity contribution < 1.29 is 26.8 Å². The topological polar surface area (TPSA) is 95.6 Å². The molecule has 172 valence electrons. The Hall–Kier alpha value is -3.01. The summed E-state index contributed by atoms with van der Waals surface area (Å²) in [6.45, 7) is 2.34. The lowest BCUT2D eigenvalue weighted by atomic mass is 9.98. The molecule has 2 N–H and O–H groups in total. The molecule has 0 aromatic heterocycles. The molecule has 0 bridgehead atoms. The highest BCUT2D eigenvalue weighted by Gasteiger charge is 2.35. The van der Waals surface area contributed by atoms with E-state index in [-0.39, 0.29) is 17.4 Å². The third-order valence-corrected chi connectivity index (χ3v) is 7.48. The number of sulfone groups is 1. The molecule has 2 aromatic rings. The molecule has 0 aliphatic carbocycles. The minimum Gasteiger partial charge on any atom is -0.341 e. The van der Waals surface area contributed by atoms with Crippen LogP contribution in [0.2, 0.25) is 0 Å². The first-order chi connectivity index (χ1) is 15.2. The van der Waals surface area contributed by atoms with Gasteiger partial charge in [-0.25, -0.2) is 22.0 Å². The van der Waals surface area contributed by atoms with Crippen molar-refractivity contribution in [3.63, 3.8) is 0 Å². The summed E-state index contributed by atoms with van der Waals surface area (Å²) in [6.07, 6.45) is 1.44. The zero-order valence-corrected chi connectivity index (χ0v) is 18.4. The Bertz CT molecular complexity index is 1080. The SMILES string of the molecule is CC(C(=O)N1CCCC(CNC(=O)Nc2cccc(F)c2)C1)S(=O)(=O)c1ccc(F)cc1. The fourth-order valence-electron chi connectivity index (χ4n) is 3.63. The van der Waals surface area contributed by atoms with Gasteiger partial charge < -0.3 is 15.5 Å². The summed E-state index contributed by atoms with van der Waals surface area (Å²) < 4.78 is 51.9. The Morgan fingerprint density at radius 1 is 1.12 bits per heavy atom. The first-order valence-corrected chi connectivity index (χ1v) is 11.8. The molecule has 0 radical (unpaired) electrons. The molecule has 3 amide bonds. The maximum Gasteiger partial charge on any atom is 0.319 e. The van der Waals surface area contributed by atoms with Crippen LogP contribution in [0.3, 0.4) is 0 Å². The van der Waals surface area contributed by atoms with Gasteiger partial charge in [0.05, 0.1) is 4.90 Å². The average molecular weight is 466 g/mol. The van der Waals surface area contributed by atoms with Crippen molar-refractivity contribution >= 4 is 27.5 Å². The van der Waals surface area contributed by atoms with E-state index < -0.39 is 38.7 Å². The zero-order chi connectivity index (χ0) is 23.3. The molecule has 2 aromatic carbocycles. The van der Waals surface area contributed by atoms with Crippen molar-refractivity contribution in [2.24, 2.45) is 5.92 Å². The van der Waals surface area contributed by atoms with Gasteiger partial charge >= 0.3 is 6.03 Å². The van der Waals surface area contributed by atoms with E-state index in [1.54, 1.807) is 6.07 Å². The van der Waals surface area contributed by atoms with Gasteiger partial charge in [0, 0.05) is 25.3 Å². The minimum absolute atomic E-state index is 0.0494. The Labute approximate surface area is 185 Å². The highest BCUT2D eigenvalue weighted by atomic mass is 32.2. The van der Waals surface area contributed by atoms with Gasteiger partial charge in [-0.15, -0.1) is 0 Å². The van der Waals surface area contributed by atoms with E-state index in [0.717, 1.165) is 30.7 Å². The molecule has 0 spiro atoms. The number of urea groups is 1. The molecule has 1 fully saturated rings. The average Bonchev–Trinajstić information content (AvgIpc) is 2.77. The zero-order valence-electron chi connectivity index (χ0n) is 17.6. The predicted octanol–water partition coefficient (Wildman–Crippen LogP) is 3.19. The summed E-state index contributed by atoms with van der Waals surface area (Å²) in [5, 5.41) is 3.94. The van der Waals surface area contributed by atoms with E-state index in [1.165, 1.54) is 30.0 Å². The van der Waals surface area contributed by atoms with Crippen LogP contribution in [-0.4, -0.2) is 50.1 Å². The number of halogens is 2. The van der Waals surface area contributed by atoms with Gasteiger partial charge in [0.15, 0.2) is 9.84 Å². The molecule has 2 unspecified atom stereocenters. The first-order valence-electron chi connectivity index (χ1n) is 10.3. The molecule has 10 heteroatoms. The summed E-state index contributed by atoms with van der Waals surface area (Å²) in [6, 6.07) is 9.40. The number of hydrogen-bond donors (Lipinski definition) is 2. The Morgan fingerprint density at radius 3 is 2.53 bits per heavy atom. The van der Waals surface area contributed by atoms with Crippen molar-refractivity contribution in [3.8, 4) is 0 Å². The smallest absolute Gasteiger partial charge is 0.319 e. The molecule has 7 nitrogen and oxygen atoms in total. The van der Waals surface area contributed by atoms with E-state index in [2.05, 4.69) is 10.6 Å². The van der Waals surface area contributed by atoms with E-state index in [1.807, 2.05) is 0 Å². The van der Waals surface area contributed by atoms with Crippen LogP contribution in [0.1, 0.15) is 19.8 Å². The quantitative estimate of drug-likeness (QED) is 0.641. The van der Waals surface area contributed by atoms with E-state index in [9.17, 15) is 26.8 Å². The van der Waals surface area contributed by atoms with Crippen molar-refractivity contribution in [1.29, 1.82) is 0 Å². The number of likely N-dealkylation sites (tertiary alicyclic amines) is 1. The van der Waals surface area contributed by atoms with Crippen LogP contribution in [0, 0.1) is 17.6 Å². The largest absolute Gasteiger partial charge is 0.341 e. The lowest BCUT2D eigenvalue weighted by Crippen LogP contribution is -2.48. The van der Waals surface area contributed by atoms with E-state index in [4.69, 9.17) is 0 Å². The van der Waals surface area contributed by atoms with Gasteiger partial charge in [-0.3, -0.25) is 4.79 Å². The van der Waals surface area contributed by atoms with Gasteiger partial charge in [0.2, 0.25) is 5.91 Å². The lowest BCUT2D eigenvalue weighted by Gasteiger charge is -2.34. The van der Waals surface area contributed by atoms with Crippen molar-refractivity contribution in [2.45, 2.75) is 29.9 Å². The van der Waals surface area contributed by atoms with E-state index in [0.29, 0.717) is 25.2 Å². The van der Waals surface area contributed by atoms with Crippen LogP contribution in [0.15, 0.2) is 53.4 Å². The molecule has 2 atom stereocenters. The van der Waals surface area contributed by atoms with Crippen LogP contribution in [0.4, 0.5) is 19.3 Å². The van der Waals surface area contributed by atoms with Gasteiger partial charge in [-0.2, -0.15) is 0 Å². The number of hydrogen-bond acceptors (Lipinski definition) is 4. The first kappa shape index (κ1) is 23.6. The number of piperidine rings is 1. The van der Waals surface area contributed by atoms with Crippen molar-refractivity contribution in [1.82, 2.24) is 10.2 Å². The third kappa shape index (κ3) is 5.82. The standard InChI is InChI=1S/C22H25F2N3O4S/c1-15(32(30,31)20-9-7-17(23)8-10-20)21(28)27-11-3-4-16(14-27)13-25-22(29)26-19-6-2-5-18(24)12-19/h2,5-10,12,15-16H,3-4,11,13-14H2,1H3,(H2,25,26,29). The Kier molecular flexibility index (Phi) is 7.44. The van der Waals surface area contributed by atoms with Gasteiger partial charge in [-0.05, 0) is 68.1 Å². The number of benzene rings is 2. The second kappa shape index (κ2) is 10.1. The Balaban J connectivity index is 1.56. The number of carbonyl (C=O) groups is 2. The summed E-state index contributed by atoms with van der Waals surface area (Å²) >= 11 is 0. The molecule has 1 aliphatic heterocycles. The number of nitrogens with one attached hydrogen (secondary N) is 2. The van der Waals surface area contributed by atoms with Crippen LogP contribution >= 0.6 is 0 Å². The van der Waals surface area contributed by atoms with Crippen molar-refractivity contribution in [2.75, 3.05) is 25.0 Å².